The van der Waals surface area contributed by atoms with Gasteiger partial charge in [-0.3, -0.25) is 4.79 Å². The molecule has 6 nitrogen and oxygen atoms in total. The quantitative estimate of drug-likeness (QED) is 0.630. The standard InChI is InChI=1S/C22H24N4O2/c1-4-28-19-12-10-18(11-13-19)26-22(27)20-14-21(25-16(3)24-20)23-15(2)17-8-6-5-7-9-17/h5-15H,4H2,1-3H3,(H,26,27)(H,23,24,25). The smallest absolute Gasteiger partial charge is 0.274 e. The highest BCUT2D eigenvalue weighted by atomic mass is 16.5. The number of hydrogen-bond acceptors (Lipinski definition) is 5. The molecule has 3 aromatic rings. The molecule has 1 heterocycles. The lowest BCUT2D eigenvalue weighted by atomic mass is 10.1. The highest BCUT2D eigenvalue weighted by Gasteiger charge is 2.13. The Labute approximate surface area is 165 Å². The maximum Gasteiger partial charge on any atom is 0.274 e. The van der Waals surface area contributed by atoms with Gasteiger partial charge in [0.2, 0.25) is 0 Å². The van der Waals surface area contributed by atoms with Gasteiger partial charge in [0.1, 0.15) is 23.1 Å². The second kappa shape index (κ2) is 8.99. The summed E-state index contributed by atoms with van der Waals surface area (Å²) in [7, 11) is 0. The zero-order valence-corrected chi connectivity index (χ0v) is 16.3. The highest BCUT2D eigenvalue weighted by molar-refractivity contribution is 6.03. The van der Waals surface area contributed by atoms with Gasteiger partial charge in [-0.2, -0.15) is 0 Å². The molecule has 2 N–H and O–H groups in total. The van der Waals surface area contributed by atoms with E-state index >= 15 is 0 Å². The molecular weight excluding hydrogens is 352 g/mol. The lowest BCUT2D eigenvalue weighted by molar-refractivity contribution is 0.102. The highest BCUT2D eigenvalue weighted by Crippen LogP contribution is 2.19. The Balaban J connectivity index is 1.72. The van der Waals surface area contributed by atoms with E-state index in [0.717, 1.165) is 11.3 Å². The van der Waals surface area contributed by atoms with Crippen LogP contribution in [-0.2, 0) is 0 Å². The Hall–Kier alpha value is -3.41. The van der Waals surface area contributed by atoms with Gasteiger partial charge in [0, 0.05) is 17.8 Å². The van der Waals surface area contributed by atoms with Crippen molar-refractivity contribution in [2.75, 3.05) is 17.2 Å². The molecular formula is C22H24N4O2. The van der Waals surface area contributed by atoms with Gasteiger partial charge in [-0.1, -0.05) is 30.3 Å². The molecule has 0 aliphatic heterocycles. The van der Waals surface area contributed by atoms with Crippen LogP contribution in [0.25, 0.3) is 0 Å². The van der Waals surface area contributed by atoms with Crippen LogP contribution in [0.1, 0.15) is 41.8 Å². The lowest BCUT2D eigenvalue weighted by Gasteiger charge is -2.16. The molecule has 1 unspecified atom stereocenters. The number of ether oxygens (including phenoxy) is 1. The Kier molecular flexibility index (Phi) is 6.22. The third kappa shape index (κ3) is 5.07. The largest absolute Gasteiger partial charge is 0.494 e. The van der Waals surface area contributed by atoms with Crippen molar-refractivity contribution in [1.29, 1.82) is 0 Å². The predicted octanol–water partition coefficient (Wildman–Crippen LogP) is 4.61. The third-order valence-corrected chi connectivity index (χ3v) is 4.16. The molecule has 0 aliphatic rings. The van der Waals surface area contributed by atoms with Crippen LogP contribution in [-0.4, -0.2) is 22.5 Å². The number of aromatic nitrogens is 2. The number of nitrogens with one attached hydrogen (secondary N) is 2. The van der Waals surface area contributed by atoms with Gasteiger partial charge in [0.05, 0.1) is 6.61 Å². The molecule has 0 saturated carbocycles. The Morgan fingerprint density at radius 3 is 2.46 bits per heavy atom. The van der Waals surface area contributed by atoms with Crippen LogP contribution in [0.3, 0.4) is 0 Å². The van der Waals surface area contributed by atoms with E-state index in [0.29, 0.717) is 29.6 Å². The van der Waals surface area contributed by atoms with Crippen molar-refractivity contribution in [3.05, 3.63) is 77.7 Å². The average molecular weight is 376 g/mol. The van der Waals surface area contributed by atoms with Crippen LogP contribution in [0.5, 0.6) is 5.75 Å². The van der Waals surface area contributed by atoms with Gasteiger partial charge in [-0.25, -0.2) is 9.97 Å². The molecule has 1 atom stereocenters. The van der Waals surface area contributed by atoms with E-state index in [1.807, 2.05) is 56.3 Å². The van der Waals surface area contributed by atoms with Crippen molar-refractivity contribution in [3.8, 4) is 5.75 Å². The molecule has 0 spiro atoms. The van der Waals surface area contributed by atoms with Gasteiger partial charge in [0.15, 0.2) is 0 Å². The zero-order chi connectivity index (χ0) is 19.9. The first kappa shape index (κ1) is 19.4. The number of aryl methyl sites for hydroxylation is 1. The van der Waals surface area contributed by atoms with Crippen LogP contribution >= 0.6 is 0 Å². The van der Waals surface area contributed by atoms with E-state index in [1.165, 1.54) is 0 Å². The molecule has 1 amide bonds. The number of rotatable bonds is 7. The Bertz CT molecular complexity index is 927. The summed E-state index contributed by atoms with van der Waals surface area (Å²) in [5, 5.41) is 6.19. The van der Waals surface area contributed by atoms with Crippen molar-refractivity contribution >= 4 is 17.4 Å². The fourth-order valence-electron chi connectivity index (χ4n) is 2.80. The summed E-state index contributed by atoms with van der Waals surface area (Å²) in [6.07, 6.45) is 0. The number of nitrogens with zero attached hydrogens (tertiary/aromatic N) is 2. The summed E-state index contributed by atoms with van der Waals surface area (Å²) in [5.74, 6) is 1.62. The SMILES string of the molecule is CCOc1ccc(NC(=O)c2cc(NC(C)c3ccccc3)nc(C)n2)cc1. The van der Waals surface area contributed by atoms with E-state index in [2.05, 4.69) is 20.6 Å². The van der Waals surface area contributed by atoms with Gasteiger partial charge in [-0.05, 0) is 50.6 Å². The van der Waals surface area contributed by atoms with E-state index in [-0.39, 0.29) is 11.9 Å². The van der Waals surface area contributed by atoms with Crippen molar-refractivity contribution in [3.63, 3.8) is 0 Å². The minimum Gasteiger partial charge on any atom is -0.494 e. The summed E-state index contributed by atoms with van der Waals surface area (Å²) < 4.78 is 5.41. The molecule has 0 aliphatic carbocycles. The average Bonchev–Trinajstić information content (AvgIpc) is 2.70. The monoisotopic (exact) mass is 376 g/mol. The molecule has 0 bridgehead atoms. The molecule has 0 radical (unpaired) electrons. The molecule has 3 rings (SSSR count). The van der Waals surface area contributed by atoms with Gasteiger partial charge < -0.3 is 15.4 Å². The first-order chi connectivity index (χ1) is 13.5. The second-order valence-electron chi connectivity index (χ2n) is 6.37. The van der Waals surface area contributed by atoms with Gasteiger partial charge in [0.25, 0.3) is 5.91 Å². The number of anilines is 2. The van der Waals surface area contributed by atoms with Crippen LogP contribution < -0.4 is 15.4 Å². The number of benzene rings is 2. The minimum absolute atomic E-state index is 0.0533. The fourth-order valence-corrected chi connectivity index (χ4v) is 2.80. The number of amides is 1. The van der Waals surface area contributed by atoms with Crippen LogP contribution in [0.2, 0.25) is 0 Å². The molecule has 6 heteroatoms. The summed E-state index contributed by atoms with van der Waals surface area (Å²) in [5.41, 5.74) is 2.13. The van der Waals surface area contributed by atoms with Gasteiger partial charge in [-0.15, -0.1) is 0 Å². The molecule has 0 fully saturated rings. The number of carbonyl (C=O) groups excluding carboxylic acids is 1. The molecule has 1 aromatic heterocycles. The Morgan fingerprint density at radius 1 is 1.07 bits per heavy atom. The molecule has 144 valence electrons. The molecule has 2 aromatic carbocycles. The van der Waals surface area contributed by atoms with Crippen molar-refractivity contribution < 1.29 is 9.53 Å². The van der Waals surface area contributed by atoms with Crippen molar-refractivity contribution in [1.82, 2.24) is 9.97 Å². The first-order valence-electron chi connectivity index (χ1n) is 9.26. The van der Waals surface area contributed by atoms with E-state index in [4.69, 9.17) is 4.74 Å². The predicted molar refractivity (Wildman–Crippen MR) is 111 cm³/mol. The zero-order valence-electron chi connectivity index (χ0n) is 16.3. The molecule has 0 saturated heterocycles. The second-order valence-corrected chi connectivity index (χ2v) is 6.37. The molecule has 28 heavy (non-hydrogen) atoms. The van der Waals surface area contributed by atoms with E-state index in [1.54, 1.807) is 25.1 Å². The maximum absolute atomic E-state index is 12.6. The third-order valence-electron chi connectivity index (χ3n) is 4.16. The van der Waals surface area contributed by atoms with Crippen LogP contribution in [0.15, 0.2) is 60.7 Å². The van der Waals surface area contributed by atoms with Crippen molar-refractivity contribution in [2.24, 2.45) is 0 Å². The first-order valence-corrected chi connectivity index (χ1v) is 9.26. The number of carbonyl (C=O) groups is 1. The van der Waals surface area contributed by atoms with Crippen LogP contribution in [0.4, 0.5) is 11.5 Å². The van der Waals surface area contributed by atoms with E-state index < -0.39 is 0 Å². The summed E-state index contributed by atoms with van der Waals surface area (Å²) in [4.78, 5) is 21.3. The Morgan fingerprint density at radius 2 is 1.79 bits per heavy atom. The topological polar surface area (TPSA) is 76.1 Å². The van der Waals surface area contributed by atoms with E-state index in [9.17, 15) is 4.79 Å². The maximum atomic E-state index is 12.6. The normalized spacial score (nSPS) is 11.5. The summed E-state index contributed by atoms with van der Waals surface area (Å²) >= 11 is 0. The fraction of sp³-hybridized carbons (Fsp3) is 0.227. The van der Waals surface area contributed by atoms with Gasteiger partial charge >= 0.3 is 0 Å². The summed E-state index contributed by atoms with van der Waals surface area (Å²) in [6, 6.07) is 19.0. The number of hydrogen-bond donors (Lipinski definition) is 2. The van der Waals surface area contributed by atoms with Crippen molar-refractivity contribution in [2.45, 2.75) is 26.8 Å². The summed E-state index contributed by atoms with van der Waals surface area (Å²) in [6.45, 7) is 6.35. The lowest BCUT2D eigenvalue weighted by Crippen LogP contribution is -2.16. The van der Waals surface area contributed by atoms with Crippen LogP contribution in [0, 0.1) is 6.92 Å². The minimum atomic E-state index is -0.287.